The van der Waals surface area contributed by atoms with Crippen molar-refractivity contribution in [1.82, 2.24) is 14.9 Å². The Hall–Kier alpha value is -4.01. The largest absolute Gasteiger partial charge is 0.342 e. The molecule has 3 rings (SSSR count). The molecule has 166 valence electrons. The van der Waals surface area contributed by atoms with Crippen LogP contribution in [0.15, 0.2) is 70.4 Å². The van der Waals surface area contributed by atoms with Crippen LogP contribution in [-0.2, 0) is 22.6 Å². The minimum atomic E-state index is -0.960. The average molecular weight is 438 g/mol. The highest BCUT2D eigenvalue weighted by atomic mass is 19.1. The fourth-order valence-corrected chi connectivity index (χ4v) is 3.23. The van der Waals surface area contributed by atoms with Crippen molar-refractivity contribution < 1.29 is 14.0 Å². The minimum absolute atomic E-state index is 0.199. The Morgan fingerprint density at radius 1 is 1.12 bits per heavy atom. The van der Waals surface area contributed by atoms with Gasteiger partial charge in [0.1, 0.15) is 18.4 Å². The van der Waals surface area contributed by atoms with Gasteiger partial charge in [0, 0.05) is 30.9 Å². The molecule has 1 aromatic heterocycles. The summed E-state index contributed by atoms with van der Waals surface area (Å²) < 4.78 is 14.7. The van der Waals surface area contributed by atoms with Crippen LogP contribution in [0.5, 0.6) is 0 Å². The van der Waals surface area contributed by atoms with Crippen molar-refractivity contribution in [2.24, 2.45) is 0 Å². The lowest BCUT2D eigenvalue weighted by Crippen LogP contribution is -2.50. The number of hydrogen-bond acceptors (Lipinski definition) is 4. The van der Waals surface area contributed by atoms with Gasteiger partial charge in [-0.3, -0.25) is 23.9 Å². The van der Waals surface area contributed by atoms with E-state index in [2.05, 4.69) is 10.3 Å². The van der Waals surface area contributed by atoms with Crippen molar-refractivity contribution in [2.75, 3.05) is 11.9 Å². The number of rotatable bonds is 7. The summed E-state index contributed by atoms with van der Waals surface area (Å²) in [5.41, 5.74) is 0.185. The predicted octanol–water partition coefficient (Wildman–Crippen LogP) is 1.37. The highest BCUT2D eigenvalue weighted by Crippen LogP contribution is 2.16. The lowest BCUT2D eigenvalue weighted by Gasteiger charge is -2.25. The second-order valence-electron chi connectivity index (χ2n) is 7.39. The van der Waals surface area contributed by atoms with Crippen molar-refractivity contribution in [2.45, 2.75) is 25.9 Å². The van der Waals surface area contributed by atoms with Crippen LogP contribution >= 0.6 is 0 Å². The van der Waals surface area contributed by atoms with Crippen LogP contribution in [0.4, 0.5) is 10.1 Å². The van der Waals surface area contributed by atoms with Crippen molar-refractivity contribution in [1.29, 1.82) is 0 Å². The molecule has 1 heterocycles. The predicted molar refractivity (Wildman–Crippen MR) is 118 cm³/mol. The Kier molecular flexibility index (Phi) is 6.99. The number of likely N-dealkylation sites (N-methyl/N-ethyl adjacent to an activating group) is 1. The zero-order valence-electron chi connectivity index (χ0n) is 17.7. The molecule has 2 aromatic carbocycles. The number of aryl methyl sites for hydroxylation is 1. The highest BCUT2D eigenvalue weighted by molar-refractivity contribution is 5.99. The molecule has 0 aliphatic carbocycles. The van der Waals surface area contributed by atoms with Gasteiger partial charge in [-0.25, -0.2) is 9.18 Å². The molecule has 0 saturated carbocycles. The number of nitrogens with zero attached hydrogens (tertiary/aromatic N) is 2. The van der Waals surface area contributed by atoms with Crippen LogP contribution in [0.3, 0.4) is 0 Å². The Labute approximate surface area is 183 Å². The molecule has 0 unspecified atom stereocenters. The Morgan fingerprint density at radius 2 is 1.84 bits per heavy atom. The number of benzene rings is 2. The normalized spacial score (nSPS) is 11.6. The average Bonchev–Trinajstić information content (AvgIpc) is 2.76. The number of amides is 2. The van der Waals surface area contributed by atoms with Crippen LogP contribution in [0, 0.1) is 12.7 Å². The second kappa shape index (κ2) is 9.86. The number of carbonyl (C=O) groups excluding carboxylic acids is 2. The van der Waals surface area contributed by atoms with Crippen LogP contribution in [0.1, 0.15) is 11.1 Å². The molecule has 0 fully saturated rings. The second-order valence-corrected chi connectivity index (χ2v) is 7.39. The van der Waals surface area contributed by atoms with E-state index in [-0.39, 0.29) is 18.5 Å². The van der Waals surface area contributed by atoms with Gasteiger partial charge in [0.15, 0.2) is 0 Å². The van der Waals surface area contributed by atoms with E-state index in [4.69, 9.17) is 0 Å². The maximum Gasteiger partial charge on any atom is 0.328 e. The SMILES string of the molecule is Cc1cn(CC(=O)N[C@@H](Cc2ccccc2)C(=O)N(C)c2cccc(F)c2)c(=O)[nH]c1=O. The summed E-state index contributed by atoms with van der Waals surface area (Å²) in [4.78, 5) is 52.8. The molecule has 0 bridgehead atoms. The quantitative estimate of drug-likeness (QED) is 0.581. The van der Waals surface area contributed by atoms with E-state index >= 15 is 0 Å². The summed E-state index contributed by atoms with van der Waals surface area (Å²) in [5.74, 6) is -1.52. The molecule has 0 saturated heterocycles. The summed E-state index contributed by atoms with van der Waals surface area (Å²) in [5, 5.41) is 2.66. The van der Waals surface area contributed by atoms with Gasteiger partial charge in [-0.1, -0.05) is 36.4 Å². The smallest absolute Gasteiger partial charge is 0.328 e. The van der Waals surface area contributed by atoms with Crippen LogP contribution in [-0.4, -0.2) is 34.5 Å². The molecule has 3 aromatic rings. The summed E-state index contributed by atoms with van der Waals surface area (Å²) in [6.45, 7) is 1.14. The maximum absolute atomic E-state index is 13.6. The van der Waals surface area contributed by atoms with Gasteiger partial charge in [-0.15, -0.1) is 0 Å². The van der Waals surface area contributed by atoms with E-state index in [1.54, 1.807) is 6.07 Å². The van der Waals surface area contributed by atoms with Gasteiger partial charge in [0.25, 0.3) is 5.56 Å². The fraction of sp³-hybridized carbons (Fsp3) is 0.217. The molecule has 0 aliphatic rings. The van der Waals surface area contributed by atoms with Crippen LogP contribution in [0.2, 0.25) is 0 Å². The summed E-state index contributed by atoms with van der Waals surface area (Å²) >= 11 is 0. The number of H-pyrrole nitrogens is 1. The van der Waals surface area contributed by atoms with E-state index in [0.717, 1.165) is 10.1 Å². The number of nitrogens with one attached hydrogen (secondary N) is 2. The first kappa shape index (κ1) is 22.7. The molecular weight excluding hydrogens is 415 g/mol. The first-order valence-corrected chi connectivity index (χ1v) is 9.91. The first-order chi connectivity index (χ1) is 15.2. The van der Waals surface area contributed by atoms with Crippen molar-refractivity contribution in [3.63, 3.8) is 0 Å². The molecule has 32 heavy (non-hydrogen) atoms. The zero-order valence-corrected chi connectivity index (χ0v) is 17.7. The van der Waals surface area contributed by atoms with E-state index in [9.17, 15) is 23.6 Å². The summed E-state index contributed by atoms with van der Waals surface area (Å²) in [6.07, 6.45) is 1.48. The summed E-state index contributed by atoms with van der Waals surface area (Å²) in [6, 6.07) is 13.7. The van der Waals surface area contributed by atoms with Crippen LogP contribution < -0.4 is 21.5 Å². The molecule has 2 N–H and O–H groups in total. The number of anilines is 1. The maximum atomic E-state index is 13.6. The molecule has 0 spiro atoms. The number of aromatic nitrogens is 2. The van der Waals surface area contributed by atoms with Gasteiger partial charge in [0.05, 0.1) is 0 Å². The third kappa shape index (κ3) is 5.57. The van der Waals surface area contributed by atoms with Gasteiger partial charge in [-0.05, 0) is 30.7 Å². The lowest BCUT2D eigenvalue weighted by atomic mass is 10.0. The molecule has 0 radical (unpaired) electrons. The van der Waals surface area contributed by atoms with Gasteiger partial charge < -0.3 is 10.2 Å². The number of carbonyl (C=O) groups is 2. The molecule has 9 heteroatoms. The van der Waals surface area contributed by atoms with E-state index < -0.39 is 34.9 Å². The summed E-state index contributed by atoms with van der Waals surface area (Å²) in [7, 11) is 1.50. The third-order valence-corrected chi connectivity index (χ3v) is 4.94. The molecule has 2 amide bonds. The van der Waals surface area contributed by atoms with Gasteiger partial charge >= 0.3 is 5.69 Å². The number of aromatic amines is 1. The highest BCUT2D eigenvalue weighted by Gasteiger charge is 2.25. The topological polar surface area (TPSA) is 104 Å². The fourth-order valence-electron chi connectivity index (χ4n) is 3.23. The first-order valence-electron chi connectivity index (χ1n) is 9.91. The Balaban J connectivity index is 1.83. The monoisotopic (exact) mass is 438 g/mol. The molecular formula is C23H23FN4O4. The Morgan fingerprint density at radius 3 is 2.53 bits per heavy atom. The zero-order chi connectivity index (χ0) is 23.3. The van der Waals surface area contributed by atoms with E-state index in [0.29, 0.717) is 5.69 Å². The molecule has 0 aliphatic heterocycles. The number of hydrogen-bond donors (Lipinski definition) is 2. The minimum Gasteiger partial charge on any atom is -0.342 e. The number of halogens is 1. The van der Waals surface area contributed by atoms with Crippen molar-refractivity contribution in [3.8, 4) is 0 Å². The lowest BCUT2D eigenvalue weighted by molar-refractivity contribution is -0.127. The van der Waals surface area contributed by atoms with E-state index in [1.165, 1.54) is 43.3 Å². The Bertz CT molecular complexity index is 1240. The van der Waals surface area contributed by atoms with Crippen LogP contribution in [0.25, 0.3) is 0 Å². The molecule has 1 atom stereocenters. The van der Waals surface area contributed by atoms with Crippen molar-refractivity contribution >= 4 is 17.5 Å². The van der Waals surface area contributed by atoms with Gasteiger partial charge in [-0.2, -0.15) is 0 Å². The van der Waals surface area contributed by atoms with E-state index in [1.807, 2.05) is 30.3 Å². The molecule has 8 nitrogen and oxygen atoms in total. The van der Waals surface area contributed by atoms with Gasteiger partial charge in [0.2, 0.25) is 11.8 Å². The standard InChI is InChI=1S/C23H23FN4O4/c1-15-13-28(23(32)26-21(15)30)14-20(29)25-19(11-16-7-4-3-5-8-16)22(31)27(2)18-10-6-9-17(24)12-18/h3-10,12-13,19H,11,14H2,1-2H3,(H,25,29)(H,26,30,32)/t19-/m0/s1. The van der Waals surface area contributed by atoms with Crippen molar-refractivity contribution in [3.05, 3.63) is 98.6 Å². The third-order valence-electron chi connectivity index (χ3n) is 4.94.